The molecule has 0 saturated carbocycles. The summed E-state index contributed by atoms with van der Waals surface area (Å²) in [6, 6.07) is 19.6. The third kappa shape index (κ3) is 2.17. The van der Waals surface area contributed by atoms with Gasteiger partial charge in [0.2, 0.25) is 0 Å². The van der Waals surface area contributed by atoms with Crippen LogP contribution in [0.15, 0.2) is 66.9 Å². The molecule has 0 bridgehead atoms. The van der Waals surface area contributed by atoms with E-state index in [-0.39, 0.29) is 0 Å². The molecule has 0 aliphatic heterocycles. The monoisotopic (exact) mass is 272 g/mol. The maximum absolute atomic E-state index is 4.65. The van der Waals surface area contributed by atoms with Crippen molar-refractivity contribution in [3.63, 3.8) is 0 Å². The Labute approximate surface area is 121 Å². The largest absolute Gasteiger partial charge is 0.337 e. The van der Waals surface area contributed by atoms with Gasteiger partial charge in [0.15, 0.2) is 5.82 Å². The fourth-order valence-corrected chi connectivity index (χ4v) is 2.30. The molecule has 0 amide bonds. The molecule has 3 heterocycles. The third-order valence-corrected chi connectivity index (χ3v) is 3.31. The van der Waals surface area contributed by atoms with E-state index in [0.29, 0.717) is 0 Å². The Bertz CT molecular complexity index is 864. The van der Waals surface area contributed by atoms with Crippen molar-refractivity contribution in [1.29, 1.82) is 0 Å². The standard InChI is InChI=1S/C17H12N4/c1-2-8-15-14(7-1)20-17(21-15)16-10-5-9-13(19-16)12-6-3-4-11-18-12/h1-11H,(H,20,21). The van der Waals surface area contributed by atoms with E-state index in [1.54, 1.807) is 6.20 Å². The van der Waals surface area contributed by atoms with Gasteiger partial charge in [-0.25, -0.2) is 9.97 Å². The molecule has 1 N–H and O–H groups in total. The van der Waals surface area contributed by atoms with Crippen LogP contribution in [-0.2, 0) is 0 Å². The van der Waals surface area contributed by atoms with Crippen molar-refractivity contribution in [2.24, 2.45) is 0 Å². The van der Waals surface area contributed by atoms with E-state index in [4.69, 9.17) is 0 Å². The number of hydrogen-bond acceptors (Lipinski definition) is 3. The molecular formula is C17H12N4. The Balaban J connectivity index is 1.82. The number of rotatable bonds is 2. The molecule has 0 aliphatic rings. The molecule has 3 aromatic heterocycles. The smallest absolute Gasteiger partial charge is 0.157 e. The molecule has 4 rings (SSSR count). The van der Waals surface area contributed by atoms with Gasteiger partial charge in [0.1, 0.15) is 5.69 Å². The van der Waals surface area contributed by atoms with Crippen LogP contribution in [0.25, 0.3) is 33.9 Å². The van der Waals surface area contributed by atoms with E-state index in [9.17, 15) is 0 Å². The van der Waals surface area contributed by atoms with Gasteiger partial charge in [0, 0.05) is 6.20 Å². The molecule has 0 atom stereocenters. The molecule has 0 aliphatic carbocycles. The zero-order chi connectivity index (χ0) is 14.1. The number of benzene rings is 1. The van der Waals surface area contributed by atoms with Crippen molar-refractivity contribution in [2.75, 3.05) is 0 Å². The second kappa shape index (κ2) is 4.83. The van der Waals surface area contributed by atoms with Crippen LogP contribution in [0.5, 0.6) is 0 Å². The number of aromatic amines is 1. The second-order valence-corrected chi connectivity index (χ2v) is 4.73. The first-order valence-electron chi connectivity index (χ1n) is 6.74. The quantitative estimate of drug-likeness (QED) is 0.605. The minimum Gasteiger partial charge on any atom is -0.337 e. The average Bonchev–Trinajstić information content (AvgIpc) is 3.00. The van der Waals surface area contributed by atoms with Gasteiger partial charge in [-0.3, -0.25) is 4.98 Å². The van der Waals surface area contributed by atoms with Gasteiger partial charge in [-0.05, 0) is 36.4 Å². The van der Waals surface area contributed by atoms with Crippen LogP contribution in [0.4, 0.5) is 0 Å². The van der Waals surface area contributed by atoms with Crippen LogP contribution < -0.4 is 0 Å². The highest BCUT2D eigenvalue weighted by atomic mass is 15.0. The number of H-pyrrole nitrogens is 1. The van der Waals surface area contributed by atoms with Gasteiger partial charge in [-0.1, -0.05) is 24.3 Å². The number of aromatic nitrogens is 4. The fraction of sp³-hybridized carbons (Fsp3) is 0. The van der Waals surface area contributed by atoms with Gasteiger partial charge in [0.25, 0.3) is 0 Å². The van der Waals surface area contributed by atoms with Crippen molar-refractivity contribution in [2.45, 2.75) is 0 Å². The summed E-state index contributed by atoms with van der Waals surface area (Å²) in [7, 11) is 0. The third-order valence-electron chi connectivity index (χ3n) is 3.31. The van der Waals surface area contributed by atoms with E-state index in [1.165, 1.54) is 0 Å². The fourth-order valence-electron chi connectivity index (χ4n) is 2.30. The molecule has 0 unspecified atom stereocenters. The Kier molecular flexibility index (Phi) is 2.71. The van der Waals surface area contributed by atoms with E-state index in [2.05, 4.69) is 19.9 Å². The van der Waals surface area contributed by atoms with Crippen LogP contribution in [0.1, 0.15) is 0 Å². The van der Waals surface area contributed by atoms with E-state index in [1.807, 2.05) is 60.7 Å². The van der Waals surface area contributed by atoms with Gasteiger partial charge >= 0.3 is 0 Å². The molecular weight excluding hydrogens is 260 g/mol. The molecule has 4 nitrogen and oxygen atoms in total. The number of pyridine rings is 2. The Morgan fingerprint density at radius 2 is 1.48 bits per heavy atom. The highest BCUT2D eigenvalue weighted by Crippen LogP contribution is 2.21. The first kappa shape index (κ1) is 11.8. The Hall–Kier alpha value is -3.01. The molecule has 0 spiro atoms. The number of para-hydroxylation sites is 2. The summed E-state index contributed by atoms with van der Waals surface area (Å²) in [5, 5.41) is 0. The maximum Gasteiger partial charge on any atom is 0.157 e. The molecule has 21 heavy (non-hydrogen) atoms. The molecule has 0 saturated heterocycles. The predicted octanol–water partition coefficient (Wildman–Crippen LogP) is 3.69. The minimum absolute atomic E-state index is 0.772. The SMILES string of the molecule is c1ccc(-c2cccc(-c3nc4ccccc4[nH]3)n2)nc1. The van der Waals surface area contributed by atoms with E-state index >= 15 is 0 Å². The number of imidazole rings is 1. The molecule has 100 valence electrons. The normalized spacial score (nSPS) is 10.9. The van der Waals surface area contributed by atoms with Gasteiger partial charge < -0.3 is 4.98 Å². The number of nitrogens with one attached hydrogen (secondary N) is 1. The van der Waals surface area contributed by atoms with Gasteiger partial charge in [-0.2, -0.15) is 0 Å². The van der Waals surface area contributed by atoms with Gasteiger partial charge in [0.05, 0.1) is 22.4 Å². The minimum atomic E-state index is 0.772. The second-order valence-electron chi connectivity index (χ2n) is 4.73. The van der Waals surface area contributed by atoms with Crippen LogP contribution in [0, 0.1) is 0 Å². The topological polar surface area (TPSA) is 54.5 Å². The zero-order valence-corrected chi connectivity index (χ0v) is 11.2. The molecule has 0 radical (unpaired) electrons. The maximum atomic E-state index is 4.65. The van der Waals surface area contributed by atoms with Crippen molar-refractivity contribution in [3.8, 4) is 22.9 Å². The average molecular weight is 272 g/mol. The van der Waals surface area contributed by atoms with Crippen molar-refractivity contribution in [3.05, 3.63) is 66.9 Å². The van der Waals surface area contributed by atoms with E-state index in [0.717, 1.165) is 33.9 Å². The van der Waals surface area contributed by atoms with Crippen molar-refractivity contribution < 1.29 is 0 Å². The van der Waals surface area contributed by atoms with Crippen molar-refractivity contribution in [1.82, 2.24) is 19.9 Å². The van der Waals surface area contributed by atoms with E-state index < -0.39 is 0 Å². The zero-order valence-electron chi connectivity index (χ0n) is 11.2. The predicted molar refractivity (Wildman–Crippen MR) is 82.6 cm³/mol. The summed E-state index contributed by atoms with van der Waals surface area (Å²) < 4.78 is 0. The summed E-state index contributed by atoms with van der Waals surface area (Å²) in [5.74, 6) is 0.772. The lowest BCUT2D eigenvalue weighted by molar-refractivity contribution is 1.21. The summed E-state index contributed by atoms with van der Waals surface area (Å²) in [4.78, 5) is 16.9. The van der Waals surface area contributed by atoms with Gasteiger partial charge in [-0.15, -0.1) is 0 Å². The first-order valence-corrected chi connectivity index (χ1v) is 6.74. The Morgan fingerprint density at radius 1 is 0.667 bits per heavy atom. The first-order chi connectivity index (χ1) is 10.4. The Morgan fingerprint density at radius 3 is 2.33 bits per heavy atom. The summed E-state index contributed by atoms with van der Waals surface area (Å²) in [6.07, 6.45) is 1.77. The lowest BCUT2D eigenvalue weighted by Gasteiger charge is -2.01. The molecule has 4 heteroatoms. The highest BCUT2D eigenvalue weighted by Gasteiger charge is 2.08. The molecule has 1 aromatic carbocycles. The number of hydrogen-bond donors (Lipinski definition) is 1. The van der Waals surface area contributed by atoms with Crippen LogP contribution in [-0.4, -0.2) is 19.9 Å². The summed E-state index contributed by atoms with van der Waals surface area (Å²) >= 11 is 0. The lowest BCUT2D eigenvalue weighted by Crippen LogP contribution is -1.90. The van der Waals surface area contributed by atoms with Crippen LogP contribution >= 0.6 is 0 Å². The number of nitrogens with zero attached hydrogens (tertiary/aromatic N) is 3. The summed E-state index contributed by atoms with van der Waals surface area (Å²) in [6.45, 7) is 0. The molecule has 0 fully saturated rings. The number of fused-ring (bicyclic) bond motifs is 1. The highest BCUT2D eigenvalue weighted by molar-refractivity contribution is 5.78. The summed E-state index contributed by atoms with van der Waals surface area (Å²) in [5.41, 5.74) is 4.47. The van der Waals surface area contributed by atoms with Crippen molar-refractivity contribution >= 4 is 11.0 Å². The van der Waals surface area contributed by atoms with Crippen LogP contribution in [0.2, 0.25) is 0 Å². The molecule has 4 aromatic rings. The lowest BCUT2D eigenvalue weighted by atomic mass is 10.2. The van der Waals surface area contributed by atoms with Crippen LogP contribution in [0.3, 0.4) is 0 Å².